The first-order chi connectivity index (χ1) is 16.5. The summed E-state index contributed by atoms with van der Waals surface area (Å²) >= 11 is 6.82. The Morgan fingerprint density at radius 1 is 1.26 bits per heavy atom. The summed E-state index contributed by atoms with van der Waals surface area (Å²) in [6.45, 7) is 3.18. The SMILES string of the molecule is Cc1c(-c2ccccn2)oc2c(C(C)Nc3ccc(Cl)nc3C(=O)O)cc(C(F)(F)I)cc2c1=O. The van der Waals surface area contributed by atoms with Gasteiger partial charge in [0, 0.05) is 45.5 Å². The van der Waals surface area contributed by atoms with Crippen molar-refractivity contribution in [1.82, 2.24) is 9.97 Å². The maximum atomic E-state index is 14.4. The van der Waals surface area contributed by atoms with Crippen molar-refractivity contribution in [2.45, 2.75) is 23.8 Å². The van der Waals surface area contributed by atoms with Gasteiger partial charge in [0.25, 0.3) is 0 Å². The standard InChI is InChI=1S/C24H17ClF2IN3O4/c1-11-20(32)15-10-13(24(26,27)28)9-14(22(15)35-21(11)17-5-3-4-8-29-17)12(2)30-16-6-7-18(25)31-19(16)23(33)34/h3-10,12,30H,1-2H3,(H,33,34). The van der Waals surface area contributed by atoms with E-state index in [1.54, 1.807) is 38.2 Å². The van der Waals surface area contributed by atoms with Crippen molar-refractivity contribution in [1.29, 1.82) is 0 Å². The van der Waals surface area contributed by atoms with Gasteiger partial charge in [0.15, 0.2) is 16.9 Å². The number of benzene rings is 1. The van der Waals surface area contributed by atoms with Crippen molar-refractivity contribution >= 4 is 56.8 Å². The molecule has 1 aromatic carbocycles. The van der Waals surface area contributed by atoms with Crippen molar-refractivity contribution in [2.75, 3.05) is 5.32 Å². The van der Waals surface area contributed by atoms with Gasteiger partial charge in [-0.3, -0.25) is 9.78 Å². The minimum absolute atomic E-state index is 0.0147. The predicted octanol–water partition coefficient (Wildman–Crippen LogP) is 6.57. The van der Waals surface area contributed by atoms with Crippen molar-refractivity contribution in [3.8, 4) is 11.5 Å². The smallest absolute Gasteiger partial charge is 0.356 e. The fourth-order valence-corrected chi connectivity index (χ4v) is 4.13. The fraction of sp³-hybridized carbons (Fsp3) is 0.167. The molecule has 0 radical (unpaired) electrons. The van der Waals surface area contributed by atoms with E-state index in [2.05, 4.69) is 15.3 Å². The summed E-state index contributed by atoms with van der Waals surface area (Å²) in [5.74, 6) is -1.11. The van der Waals surface area contributed by atoms with Crippen molar-refractivity contribution < 1.29 is 23.1 Å². The molecule has 0 fully saturated rings. The van der Waals surface area contributed by atoms with Crippen LogP contribution >= 0.6 is 34.2 Å². The monoisotopic (exact) mass is 611 g/mol. The molecule has 4 rings (SSSR count). The third-order valence-corrected chi connectivity index (χ3v) is 6.21. The highest BCUT2D eigenvalue weighted by atomic mass is 127. The number of aromatic carboxylic acids is 1. The molecule has 0 amide bonds. The molecular weight excluding hydrogens is 595 g/mol. The molecule has 3 aromatic heterocycles. The summed E-state index contributed by atoms with van der Waals surface area (Å²) in [6, 6.07) is 9.53. The van der Waals surface area contributed by atoms with Crippen molar-refractivity contribution in [2.24, 2.45) is 0 Å². The minimum Gasteiger partial charge on any atom is -0.476 e. The molecule has 0 aliphatic carbocycles. The van der Waals surface area contributed by atoms with E-state index in [-0.39, 0.29) is 50.0 Å². The first-order valence-electron chi connectivity index (χ1n) is 10.2. The van der Waals surface area contributed by atoms with Crippen LogP contribution in [0.2, 0.25) is 5.15 Å². The lowest BCUT2D eigenvalue weighted by molar-refractivity contribution is 0.0691. The number of fused-ring (bicyclic) bond motifs is 1. The van der Waals surface area contributed by atoms with Crippen LogP contribution in [-0.2, 0) is 3.93 Å². The number of hydrogen-bond acceptors (Lipinski definition) is 6. The Labute approximate surface area is 216 Å². The molecule has 0 aliphatic rings. The molecule has 1 atom stereocenters. The van der Waals surface area contributed by atoms with Crippen LogP contribution in [0, 0.1) is 6.92 Å². The number of aromatic nitrogens is 2. The number of alkyl halides is 3. The van der Waals surface area contributed by atoms with Crippen LogP contribution in [0.4, 0.5) is 14.5 Å². The van der Waals surface area contributed by atoms with Crippen LogP contribution in [-0.4, -0.2) is 21.0 Å². The molecule has 11 heteroatoms. The first kappa shape index (κ1) is 25.0. The maximum Gasteiger partial charge on any atom is 0.356 e. The molecule has 0 saturated heterocycles. The van der Waals surface area contributed by atoms with Crippen LogP contribution < -0.4 is 10.7 Å². The number of hydrogen-bond donors (Lipinski definition) is 2. The average Bonchev–Trinajstić information content (AvgIpc) is 2.81. The van der Waals surface area contributed by atoms with Gasteiger partial charge >= 0.3 is 9.90 Å². The van der Waals surface area contributed by atoms with Crippen LogP contribution in [0.15, 0.2) is 57.9 Å². The summed E-state index contributed by atoms with van der Waals surface area (Å²) in [4.78, 5) is 33.0. The highest BCUT2D eigenvalue weighted by Gasteiger charge is 2.31. The zero-order valence-electron chi connectivity index (χ0n) is 18.3. The average molecular weight is 612 g/mol. The molecular formula is C24H17ClF2IN3O4. The number of carbonyl (C=O) groups is 1. The van der Waals surface area contributed by atoms with Gasteiger partial charge in [-0.1, -0.05) is 17.7 Å². The highest BCUT2D eigenvalue weighted by Crippen LogP contribution is 2.40. The lowest BCUT2D eigenvalue weighted by atomic mass is 9.99. The van der Waals surface area contributed by atoms with E-state index in [1.807, 2.05) is 0 Å². The molecule has 7 nitrogen and oxygen atoms in total. The van der Waals surface area contributed by atoms with Crippen LogP contribution in [0.3, 0.4) is 0 Å². The van der Waals surface area contributed by atoms with Gasteiger partial charge in [-0.2, -0.15) is 8.78 Å². The van der Waals surface area contributed by atoms with Crippen LogP contribution in [0.25, 0.3) is 22.4 Å². The minimum atomic E-state index is -3.27. The normalized spacial score (nSPS) is 12.5. The lowest BCUT2D eigenvalue weighted by Gasteiger charge is -2.21. The quantitative estimate of drug-likeness (QED) is 0.144. The number of halogens is 4. The predicted molar refractivity (Wildman–Crippen MR) is 137 cm³/mol. The topological polar surface area (TPSA) is 105 Å². The molecule has 2 N–H and O–H groups in total. The molecule has 0 aliphatic heterocycles. The summed E-state index contributed by atoms with van der Waals surface area (Å²) in [5, 5.41) is 12.4. The number of nitrogens with one attached hydrogen (secondary N) is 1. The van der Waals surface area contributed by atoms with Gasteiger partial charge in [-0.05, 0) is 50.2 Å². The molecule has 4 aromatic rings. The van der Waals surface area contributed by atoms with E-state index in [4.69, 9.17) is 16.0 Å². The van der Waals surface area contributed by atoms with E-state index in [1.165, 1.54) is 18.2 Å². The largest absolute Gasteiger partial charge is 0.476 e. The third-order valence-electron chi connectivity index (χ3n) is 5.37. The molecule has 0 spiro atoms. The number of anilines is 1. The molecule has 180 valence electrons. The second-order valence-electron chi connectivity index (χ2n) is 7.74. The Bertz CT molecular complexity index is 1510. The van der Waals surface area contributed by atoms with Crippen LogP contribution in [0.5, 0.6) is 0 Å². The Balaban J connectivity index is 1.96. The molecule has 0 saturated carbocycles. The van der Waals surface area contributed by atoms with Gasteiger partial charge in [-0.15, -0.1) is 0 Å². The third kappa shape index (κ3) is 4.98. The Morgan fingerprint density at radius 3 is 2.63 bits per heavy atom. The van der Waals surface area contributed by atoms with Gasteiger partial charge in [-0.25, -0.2) is 9.78 Å². The van der Waals surface area contributed by atoms with Gasteiger partial charge in [0.2, 0.25) is 0 Å². The summed E-state index contributed by atoms with van der Waals surface area (Å²) in [6.07, 6.45) is 1.55. The highest BCUT2D eigenvalue weighted by molar-refractivity contribution is 14.1. The number of rotatable bonds is 6. The summed E-state index contributed by atoms with van der Waals surface area (Å²) < 4.78 is 31.6. The van der Waals surface area contributed by atoms with E-state index in [0.29, 0.717) is 5.69 Å². The van der Waals surface area contributed by atoms with Crippen molar-refractivity contribution in [3.05, 3.63) is 86.4 Å². The zero-order valence-corrected chi connectivity index (χ0v) is 21.2. The molecule has 0 bridgehead atoms. The van der Waals surface area contributed by atoms with E-state index in [9.17, 15) is 23.5 Å². The van der Waals surface area contributed by atoms with E-state index < -0.39 is 21.4 Å². The van der Waals surface area contributed by atoms with E-state index >= 15 is 0 Å². The Morgan fingerprint density at radius 2 is 2.00 bits per heavy atom. The molecule has 35 heavy (non-hydrogen) atoms. The van der Waals surface area contributed by atoms with Crippen LogP contribution in [0.1, 0.15) is 40.1 Å². The number of nitrogens with zero attached hydrogens (tertiary/aromatic N) is 2. The van der Waals surface area contributed by atoms with Gasteiger partial charge in [0.1, 0.15) is 16.4 Å². The second-order valence-corrected chi connectivity index (χ2v) is 9.48. The summed E-state index contributed by atoms with van der Waals surface area (Å²) in [5.41, 5.74) is -0.120. The molecule has 1 unspecified atom stereocenters. The Kier molecular flexibility index (Phi) is 6.78. The zero-order chi connectivity index (χ0) is 25.5. The fourth-order valence-electron chi connectivity index (χ4n) is 3.67. The molecule has 3 heterocycles. The Hall–Kier alpha value is -3.12. The number of pyridine rings is 2. The second kappa shape index (κ2) is 9.50. The van der Waals surface area contributed by atoms with E-state index in [0.717, 1.165) is 28.7 Å². The maximum absolute atomic E-state index is 14.4. The number of carboxylic acids is 1. The first-order valence-corrected chi connectivity index (χ1v) is 11.7. The summed E-state index contributed by atoms with van der Waals surface area (Å²) in [7, 11) is 0. The van der Waals surface area contributed by atoms with Gasteiger partial charge in [0.05, 0.1) is 17.1 Å². The lowest BCUT2D eigenvalue weighted by Crippen LogP contribution is -2.16. The van der Waals surface area contributed by atoms with Crippen molar-refractivity contribution in [3.63, 3.8) is 0 Å². The van der Waals surface area contributed by atoms with Gasteiger partial charge < -0.3 is 14.8 Å². The number of carboxylic acid groups (broad SMARTS) is 1.